The van der Waals surface area contributed by atoms with E-state index in [4.69, 9.17) is 0 Å². The largest absolute Gasteiger partial charge is 1.00 e. The van der Waals surface area contributed by atoms with Gasteiger partial charge in [-0.1, -0.05) is 18.2 Å². The van der Waals surface area contributed by atoms with Crippen LogP contribution in [-0.4, -0.2) is 15.2 Å². The number of hydrazine groups is 1. The SMILES string of the molecule is O=C(Cc1c[nH]c2ccccc12)NNC(=S)[S-].[K+]. The number of para-hydroxylation sites is 1. The van der Waals surface area contributed by atoms with Crippen LogP contribution < -0.4 is 62.2 Å². The van der Waals surface area contributed by atoms with Gasteiger partial charge in [0.2, 0.25) is 5.91 Å². The van der Waals surface area contributed by atoms with Gasteiger partial charge in [-0.25, -0.2) is 0 Å². The molecular formula is C11H10KN3OS2. The van der Waals surface area contributed by atoms with E-state index in [1.165, 1.54) is 0 Å². The zero-order valence-electron chi connectivity index (χ0n) is 9.82. The molecule has 0 unspecified atom stereocenters. The molecule has 0 aliphatic heterocycles. The maximum atomic E-state index is 11.6. The van der Waals surface area contributed by atoms with Crippen LogP contribution >= 0.6 is 12.2 Å². The summed E-state index contributed by atoms with van der Waals surface area (Å²) in [6.07, 6.45) is 2.10. The number of nitrogens with one attached hydrogen (secondary N) is 3. The monoisotopic (exact) mass is 303 g/mol. The molecule has 2 rings (SSSR count). The average Bonchev–Trinajstić information content (AvgIpc) is 2.70. The maximum absolute atomic E-state index is 11.6. The van der Waals surface area contributed by atoms with E-state index in [2.05, 4.69) is 40.7 Å². The summed E-state index contributed by atoms with van der Waals surface area (Å²) >= 11 is 9.24. The van der Waals surface area contributed by atoms with Crippen molar-refractivity contribution in [3.63, 3.8) is 0 Å². The number of hydrogen-bond acceptors (Lipinski definition) is 3. The molecule has 0 radical (unpaired) electrons. The van der Waals surface area contributed by atoms with Crippen LogP contribution in [0.1, 0.15) is 5.56 Å². The number of aromatic amines is 1. The number of rotatable bonds is 2. The van der Waals surface area contributed by atoms with Gasteiger partial charge in [-0.15, -0.1) is 0 Å². The number of fused-ring (bicyclic) bond motifs is 1. The topological polar surface area (TPSA) is 56.9 Å². The fourth-order valence-corrected chi connectivity index (χ4v) is 1.72. The van der Waals surface area contributed by atoms with E-state index in [0.29, 0.717) is 0 Å². The number of carbonyl (C=O) groups excluding carboxylic acids is 1. The molecule has 3 N–H and O–H groups in total. The average molecular weight is 303 g/mol. The summed E-state index contributed by atoms with van der Waals surface area (Å²) in [6, 6.07) is 7.82. The minimum Gasteiger partial charge on any atom is -0.410 e. The number of hydrogen-bond donors (Lipinski definition) is 3. The van der Waals surface area contributed by atoms with Crippen molar-refractivity contribution >= 4 is 46.0 Å². The standard InChI is InChI=1S/C11H11N3OS2.K/c15-10(13-14-11(16)17)5-7-6-12-9-4-2-1-3-8(7)9;/h1-4,6,12H,5H2,(H,13,15)(H2,14,16,17);/q;+1/p-1. The summed E-state index contributed by atoms with van der Waals surface area (Å²) in [5.74, 6) is -0.179. The molecule has 1 aromatic heterocycles. The number of amides is 1. The number of benzene rings is 1. The van der Waals surface area contributed by atoms with Crippen LogP contribution in [0.2, 0.25) is 0 Å². The molecule has 1 amide bonds. The normalized spacial score (nSPS) is 9.56. The Hall–Kier alpha value is -0.0236. The fraction of sp³-hybridized carbons (Fsp3) is 0.0909. The first kappa shape index (κ1) is 16.0. The molecule has 7 heteroatoms. The Labute approximate surface area is 158 Å². The van der Waals surface area contributed by atoms with E-state index in [1.807, 2.05) is 30.5 Å². The third kappa shape index (κ3) is 4.27. The van der Waals surface area contributed by atoms with E-state index in [9.17, 15) is 4.79 Å². The van der Waals surface area contributed by atoms with Gasteiger partial charge in [0.25, 0.3) is 0 Å². The number of H-pyrrole nitrogens is 1. The minimum absolute atomic E-state index is 0. The predicted octanol–water partition coefficient (Wildman–Crippen LogP) is -1.83. The molecule has 0 aliphatic carbocycles. The van der Waals surface area contributed by atoms with Crippen LogP contribution in [0.25, 0.3) is 10.9 Å². The van der Waals surface area contributed by atoms with Gasteiger partial charge in [0.15, 0.2) is 0 Å². The second-order valence-corrected chi connectivity index (χ2v) is 4.57. The molecular weight excluding hydrogens is 293 g/mol. The molecule has 88 valence electrons. The second-order valence-electron chi connectivity index (χ2n) is 3.50. The van der Waals surface area contributed by atoms with E-state index in [1.54, 1.807) is 0 Å². The molecule has 1 aromatic carbocycles. The smallest absolute Gasteiger partial charge is 0.410 e. The van der Waals surface area contributed by atoms with Crippen molar-refractivity contribution < 1.29 is 56.2 Å². The molecule has 0 aliphatic rings. The van der Waals surface area contributed by atoms with Crippen molar-refractivity contribution in [3.05, 3.63) is 36.0 Å². The van der Waals surface area contributed by atoms with Gasteiger partial charge < -0.3 is 35.3 Å². The third-order valence-electron chi connectivity index (χ3n) is 2.33. The van der Waals surface area contributed by atoms with Gasteiger partial charge in [-0.2, -0.15) is 0 Å². The Morgan fingerprint density at radius 3 is 2.78 bits per heavy atom. The molecule has 18 heavy (non-hydrogen) atoms. The van der Waals surface area contributed by atoms with Crippen LogP contribution in [0.5, 0.6) is 0 Å². The van der Waals surface area contributed by atoms with E-state index in [-0.39, 0.29) is 68.0 Å². The van der Waals surface area contributed by atoms with Crippen LogP contribution in [0.4, 0.5) is 0 Å². The number of aromatic nitrogens is 1. The quantitative estimate of drug-likeness (QED) is 0.264. The van der Waals surface area contributed by atoms with Crippen LogP contribution in [0.15, 0.2) is 30.5 Å². The molecule has 0 bridgehead atoms. The van der Waals surface area contributed by atoms with Gasteiger partial charge in [0.1, 0.15) is 0 Å². The van der Waals surface area contributed by atoms with Crippen LogP contribution in [0, 0.1) is 0 Å². The molecule has 0 fully saturated rings. The third-order valence-corrected chi connectivity index (χ3v) is 2.53. The summed E-state index contributed by atoms with van der Waals surface area (Å²) in [7, 11) is 0. The Bertz CT molecular complexity index is 570. The molecule has 0 saturated carbocycles. The Morgan fingerprint density at radius 2 is 2.06 bits per heavy atom. The zero-order chi connectivity index (χ0) is 12.3. The van der Waals surface area contributed by atoms with E-state index >= 15 is 0 Å². The first-order chi connectivity index (χ1) is 8.16. The molecule has 0 spiro atoms. The first-order valence-electron chi connectivity index (χ1n) is 4.97. The van der Waals surface area contributed by atoms with Crippen molar-refractivity contribution in [1.82, 2.24) is 15.8 Å². The number of carbonyl (C=O) groups is 1. The van der Waals surface area contributed by atoms with E-state index in [0.717, 1.165) is 16.5 Å². The molecule has 4 nitrogen and oxygen atoms in total. The summed E-state index contributed by atoms with van der Waals surface area (Å²) < 4.78 is 0.122. The summed E-state index contributed by atoms with van der Waals surface area (Å²) in [4.78, 5) is 14.7. The van der Waals surface area contributed by atoms with Crippen molar-refractivity contribution in [2.75, 3.05) is 0 Å². The van der Waals surface area contributed by atoms with Crippen molar-refractivity contribution in [2.24, 2.45) is 0 Å². The van der Waals surface area contributed by atoms with Crippen LogP contribution in [0.3, 0.4) is 0 Å². The molecule has 2 aromatic rings. The van der Waals surface area contributed by atoms with Crippen molar-refractivity contribution in [1.29, 1.82) is 0 Å². The predicted molar refractivity (Wildman–Crippen MR) is 73.2 cm³/mol. The fourth-order valence-electron chi connectivity index (χ4n) is 1.62. The Morgan fingerprint density at radius 1 is 1.33 bits per heavy atom. The first-order valence-corrected chi connectivity index (χ1v) is 5.79. The van der Waals surface area contributed by atoms with Gasteiger partial charge in [0.05, 0.1) is 6.42 Å². The Kier molecular flexibility index (Phi) is 6.71. The van der Waals surface area contributed by atoms with Crippen molar-refractivity contribution in [2.45, 2.75) is 6.42 Å². The van der Waals surface area contributed by atoms with Gasteiger partial charge in [0, 0.05) is 17.1 Å². The molecule has 0 atom stereocenters. The summed E-state index contributed by atoms with van der Waals surface area (Å²) in [5.41, 5.74) is 6.83. The molecule has 0 saturated heterocycles. The zero-order valence-corrected chi connectivity index (χ0v) is 14.6. The maximum Gasteiger partial charge on any atom is 1.00 e. The van der Waals surface area contributed by atoms with Crippen LogP contribution in [-0.2, 0) is 23.8 Å². The van der Waals surface area contributed by atoms with Gasteiger partial charge in [-0.3, -0.25) is 10.2 Å². The summed E-state index contributed by atoms with van der Waals surface area (Å²) in [6.45, 7) is 0. The molecule has 1 heterocycles. The van der Waals surface area contributed by atoms with Gasteiger partial charge in [-0.05, 0) is 16.0 Å². The summed E-state index contributed by atoms with van der Waals surface area (Å²) in [5, 5.41) is 1.05. The van der Waals surface area contributed by atoms with Crippen molar-refractivity contribution in [3.8, 4) is 0 Å². The second kappa shape index (κ2) is 7.54. The minimum atomic E-state index is -0.179. The van der Waals surface area contributed by atoms with Gasteiger partial charge >= 0.3 is 51.4 Å². The van der Waals surface area contributed by atoms with E-state index < -0.39 is 0 Å². The Balaban J connectivity index is 0.00000162. The number of thiocarbonyl (C=S) groups is 1.